The number of aromatic nitrogens is 4. The van der Waals surface area contributed by atoms with E-state index in [1.807, 2.05) is 25.2 Å². The van der Waals surface area contributed by atoms with Crippen LogP contribution in [0.3, 0.4) is 0 Å². The van der Waals surface area contributed by atoms with E-state index in [-0.39, 0.29) is 6.04 Å². The van der Waals surface area contributed by atoms with Gasteiger partial charge in [-0.15, -0.1) is 0 Å². The third kappa shape index (κ3) is 2.97. The number of rotatable bonds is 4. The Labute approximate surface area is 151 Å². The Morgan fingerprint density at radius 1 is 0.962 bits per heavy atom. The lowest BCUT2D eigenvalue weighted by molar-refractivity contribution is 0.783. The molecule has 2 heterocycles. The van der Waals surface area contributed by atoms with E-state index in [2.05, 4.69) is 63.7 Å². The Morgan fingerprint density at radius 3 is 2.38 bits per heavy atom. The summed E-state index contributed by atoms with van der Waals surface area (Å²) in [5.41, 5.74) is 10.3. The van der Waals surface area contributed by atoms with Gasteiger partial charge in [-0.05, 0) is 23.6 Å². The van der Waals surface area contributed by atoms with Gasteiger partial charge >= 0.3 is 0 Å². The first kappa shape index (κ1) is 16.1. The van der Waals surface area contributed by atoms with E-state index in [9.17, 15) is 0 Å². The Hall–Kier alpha value is -3.41. The van der Waals surface area contributed by atoms with E-state index in [1.165, 1.54) is 11.1 Å². The summed E-state index contributed by atoms with van der Waals surface area (Å²) in [7, 11) is 1.84. The van der Waals surface area contributed by atoms with Crippen LogP contribution in [0.1, 0.15) is 18.5 Å². The first-order valence-corrected chi connectivity index (χ1v) is 8.49. The lowest BCUT2D eigenvalue weighted by Gasteiger charge is -2.15. The summed E-state index contributed by atoms with van der Waals surface area (Å²) in [5.74, 6) is 0.926. The van der Waals surface area contributed by atoms with Gasteiger partial charge in [-0.1, -0.05) is 54.6 Å². The maximum Gasteiger partial charge on any atom is 0.227 e. The molecule has 0 aliphatic carbocycles. The molecule has 6 heteroatoms. The minimum atomic E-state index is 0.0462. The molecule has 0 saturated heterocycles. The SMILES string of the molecule is CC(Nc1nc(N)c2cnn(C)c2n1)c1ccc(-c2ccccc2)cc1. The van der Waals surface area contributed by atoms with Crippen LogP contribution in [-0.2, 0) is 7.05 Å². The van der Waals surface area contributed by atoms with E-state index in [0.29, 0.717) is 17.4 Å². The number of nitrogens with zero attached hydrogens (tertiary/aromatic N) is 4. The number of anilines is 2. The average molecular weight is 344 g/mol. The molecule has 26 heavy (non-hydrogen) atoms. The van der Waals surface area contributed by atoms with Crippen molar-refractivity contribution in [2.75, 3.05) is 11.1 Å². The van der Waals surface area contributed by atoms with Gasteiger partial charge in [0.15, 0.2) is 5.65 Å². The second-order valence-electron chi connectivity index (χ2n) is 6.29. The maximum atomic E-state index is 6.02. The minimum absolute atomic E-state index is 0.0462. The van der Waals surface area contributed by atoms with Gasteiger partial charge in [0, 0.05) is 7.05 Å². The molecule has 0 amide bonds. The van der Waals surface area contributed by atoms with Gasteiger partial charge < -0.3 is 11.1 Å². The van der Waals surface area contributed by atoms with Gasteiger partial charge in [0.2, 0.25) is 5.95 Å². The molecule has 2 aromatic carbocycles. The van der Waals surface area contributed by atoms with Crippen molar-refractivity contribution in [1.82, 2.24) is 19.7 Å². The van der Waals surface area contributed by atoms with E-state index in [0.717, 1.165) is 10.9 Å². The summed E-state index contributed by atoms with van der Waals surface area (Å²) >= 11 is 0. The number of nitrogens with one attached hydrogen (secondary N) is 1. The smallest absolute Gasteiger partial charge is 0.227 e. The molecular weight excluding hydrogens is 324 g/mol. The van der Waals surface area contributed by atoms with Crippen molar-refractivity contribution in [1.29, 1.82) is 0 Å². The van der Waals surface area contributed by atoms with Crippen molar-refractivity contribution < 1.29 is 0 Å². The van der Waals surface area contributed by atoms with Crippen LogP contribution in [0, 0.1) is 0 Å². The summed E-state index contributed by atoms with van der Waals surface area (Å²) in [6.07, 6.45) is 1.68. The van der Waals surface area contributed by atoms with Gasteiger partial charge in [0.25, 0.3) is 0 Å². The highest BCUT2D eigenvalue weighted by Crippen LogP contribution is 2.24. The molecule has 1 unspecified atom stereocenters. The minimum Gasteiger partial charge on any atom is -0.383 e. The maximum absolute atomic E-state index is 6.02. The van der Waals surface area contributed by atoms with Crippen molar-refractivity contribution >= 4 is 22.8 Å². The van der Waals surface area contributed by atoms with Crippen LogP contribution in [0.15, 0.2) is 60.8 Å². The molecule has 3 N–H and O–H groups in total. The Balaban J connectivity index is 1.56. The predicted molar refractivity (Wildman–Crippen MR) is 105 cm³/mol. The highest BCUT2D eigenvalue weighted by Gasteiger charge is 2.12. The molecule has 4 aromatic rings. The third-order valence-corrected chi connectivity index (χ3v) is 4.48. The molecule has 0 bridgehead atoms. The molecule has 0 aliphatic heterocycles. The summed E-state index contributed by atoms with van der Waals surface area (Å²) in [6, 6.07) is 18.9. The fourth-order valence-corrected chi connectivity index (χ4v) is 2.98. The molecule has 6 nitrogen and oxygen atoms in total. The zero-order chi connectivity index (χ0) is 18.1. The van der Waals surface area contributed by atoms with Gasteiger partial charge in [0.05, 0.1) is 17.6 Å². The molecule has 0 aliphatic rings. The molecule has 0 fully saturated rings. The number of fused-ring (bicyclic) bond motifs is 1. The number of hydrogen-bond donors (Lipinski definition) is 2. The standard InChI is InChI=1S/C20H20N6/c1-13(14-8-10-16(11-9-14)15-6-4-3-5-7-15)23-20-24-18(21)17-12-22-26(2)19(17)25-20/h3-13H,1-2H3,(H3,21,23,24,25). The summed E-state index contributed by atoms with van der Waals surface area (Å²) in [5, 5.41) is 8.27. The molecule has 0 saturated carbocycles. The average Bonchev–Trinajstić information content (AvgIpc) is 3.04. The molecule has 1 atom stereocenters. The lowest BCUT2D eigenvalue weighted by atomic mass is 10.0. The zero-order valence-electron chi connectivity index (χ0n) is 14.7. The van der Waals surface area contributed by atoms with Crippen LogP contribution in [0.2, 0.25) is 0 Å². The van der Waals surface area contributed by atoms with Crippen LogP contribution in [0.25, 0.3) is 22.2 Å². The van der Waals surface area contributed by atoms with Gasteiger partial charge in [-0.2, -0.15) is 15.1 Å². The molecule has 0 radical (unpaired) electrons. The van der Waals surface area contributed by atoms with Crippen LogP contribution in [0.5, 0.6) is 0 Å². The molecule has 4 rings (SSSR count). The Morgan fingerprint density at radius 2 is 1.65 bits per heavy atom. The predicted octanol–water partition coefficient (Wildman–Crippen LogP) is 3.79. The number of nitrogens with two attached hydrogens (primary N) is 1. The van der Waals surface area contributed by atoms with Gasteiger partial charge in [0.1, 0.15) is 5.82 Å². The van der Waals surface area contributed by atoms with Gasteiger partial charge in [-0.25, -0.2) is 0 Å². The van der Waals surface area contributed by atoms with E-state index < -0.39 is 0 Å². The third-order valence-electron chi connectivity index (χ3n) is 4.48. The van der Waals surface area contributed by atoms with Crippen LogP contribution < -0.4 is 11.1 Å². The summed E-state index contributed by atoms with van der Waals surface area (Å²) < 4.78 is 1.69. The van der Waals surface area contributed by atoms with Crippen molar-refractivity contribution in [3.8, 4) is 11.1 Å². The van der Waals surface area contributed by atoms with Crippen LogP contribution in [0.4, 0.5) is 11.8 Å². The number of hydrogen-bond acceptors (Lipinski definition) is 5. The summed E-state index contributed by atoms with van der Waals surface area (Å²) in [4.78, 5) is 8.87. The van der Waals surface area contributed by atoms with E-state index >= 15 is 0 Å². The first-order chi connectivity index (χ1) is 12.6. The van der Waals surface area contributed by atoms with Gasteiger partial charge in [-0.3, -0.25) is 4.68 Å². The lowest BCUT2D eigenvalue weighted by Crippen LogP contribution is -2.11. The second kappa shape index (κ2) is 6.48. The number of benzene rings is 2. The molecular formula is C20H20N6. The second-order valence-corrected chi connectivity index (χ2v) is 6.29. The zero-order valence-corrected chi connectivity index (χ0v) is 14.7. The number of nitrogen functional groups attached to an aromatic ring is 1. The topological polar surface area (TPSA) is 81.6 Å². The molecule has 2 aromatic heterocycles. The van der Waals surface area contributed by atoms with Crippen molar-refractivity contribution in [2.45, 2.75) is 13.0 Å². The van der Waals surface area contributed by atoms with Crippen LogP contribution >= 0.6 is 0 Å². The van der Waals surface area contributed by atoms with Crippen molar-refractivity contribution in [3.63, 3.8) is 0 Å². The highest BCUT2D eigenvalue weighted by atomic mass is 15.3. The number of aryl methyl sites for hydroxylation is 1. The largest absolute Gasteiger partial charge is 0.383 e. The Kier molecular flexibility index (Phi) is 4.01. The molecule has 0 spiro atoms. The first-order valence-electron chi connectivity index (χ1n) is 8.49. The van der Waals surface area contributed by atoms with Crippen LogP contribution in [-0.4, -0.2) is 19.7 Å². The highest BCUT2D eigenvalue weighted by molar-refractivity contribution is 5.86. The normalized spacial score (nSPS) is 12.2. The fraction of sp³-hybridized carbons (Fsp3) is 0.150. The Bertz CT molecular complexity index is 1040. The quantitative estimate of drug-likeness (QED) is 0.589. The summed E-state index contributed by atoms with van der Waals surface area (Å²) in [6.45, 7) is 2.07. The van der Waals surface area contributed by atoms with E-state index in [1.54, 1.807) is 10.9 Å². The fourth-order valence-electron chi connectivity index (χ4n) is 2.98. The monoisotopic (exact) mass is 344 g/mol. The van der Waals surface area contributed by atoms with Crippen molar-refractivity contribution in [2.24, 2.45) is 7.05 Å². The van der Waals surface area contributed by atoms with Crippen molar-refractivity contribution in [3.05, 3.63) is 66.4 Å². The van der Waals surface area contributed by atoms with E-state index in [4.69, 9.17) is 5.73 Å². The molecule has 130 valence electrons.